The van der Waals surface area contributed by atoms with Crippen LogP contribution in [0.3, 0.4) is 0 Å². The van der Waals surface area contributed by atoms with Gasteiger partial charge in [0.15, 0.2) is 0 Å². The first-order valence-electron chi connectivity index (χ1n) is 7.10. The molecule has 7 heteroatoms. The van der Waals surface area contributed by atoms with Gasteiger partial charge in [-0.05, 0) is 25.2 Å². The normalized spacial score (nSPS) is 25.6. The molecule has 0 aromatic rings. The highest BCUT2D eigenvalue weighted by atomic mass is 16.4. The molecule has 0 radical (unpaired) electrons. The molecule has 112 valence electrons. The lowest BCUT2D eigenvalue weighted by Crippen LogP contribution is -2.56. The van der Waals surface area contributed by atoms with Crippen molar-refractivity contribution in [1.29, 1.82) is 0 Å². The van der Waals surface area contributed by atoms with E-state index in [4.69, 9.17) is 5.11 Å². The van der Waals surface area contributed by atoms with Gasteiger partial charge >= 0.3 is 12.0 Å². The summed E-state index contributed by atoms with van der Waals surface area (Å²) in [5.41, 5.74) is 0. The molecular weight excluding hydrogens is 262 g/mol. The Morgan fingerprint density at radius 2 is 2.20 bits per heavy atom. The van der Waals surface area contributed by atoms with Crippen LogP contribution in [0.4, 0.5) is 4.79 Å². The number of aliphatic carboxylic acids is 1. The number of hydrogen-bond acceptors (Lipinski definition) is 3. The fraction of sp³-hybridized carbons (Fsp3) is 0.769. The van der Waals surface area contributed by atoms with Gasteiger partial charge in [0.25, 0.3) is 0 Å². The second kappa shape index (κ2) is 6.58. The minimum atomic E-state index is -0.849. The largest absolute Gasteiger partial charge is 0.481 e. The molecule has 0 aromatic heterocycles. The third-order valence-electron chi connectivity index (χ3n) is 3.95. The van der Waals surface area contributed by atoms with Crippen molar-refractivity contribution in [1.82, 2.24) is 15.5 Å². The van der Waals surface area contributed by atoms with Crippen LogP contribution >= 0.6 is 0 Å². The molecule has 0 spiro atoms. The summed E-state index contributed by atoms with van der Waals surface area (Å²) in [6, 6.07) is 0.0676. The second-order valence-corrected chi connectivity index (χ2v) is 5.44. The van der Waals surface area contributed by atoms with Crippen molar-refractivity contribution in [3.05, 3.63) is 0 Å². The Morgan fingerprint density at radius 1 is 1.40 bits per heavy atom. The summed E-state index contributed by atoms with van der Waals surface area (Å²) in [4.78, 5) is 35.4. The smallest absolute Gasteiger partial charge is 0.317 e. The fourth-order valence-corrected chi connectivity index (χ4v) is 2.84. The topological polar surface area (TPSA) is 98.7 Å². The van der Waals surface area contributed by atoms with E-state index in [9.17, 15) is 14.4 Å². The van der Waals surface area contributed by atoms with Gasteiger partial charge in [0.05, 0.1) is 0 Å². The molecule has 2 heterocycles. The zero-order valence-electron chi connectivity index (χ0n) is 11.4. The lowest BCUT2D eigenvalue weighted by molar-refractivity contribution is -0.137. The minimum absolute atomic E-state index is 0.0665. The van der Waals surface area contributed by atoms with Crippen LogP contribution < -0.4 is 10.6 Å². The Bertz CT molecular complexity index is 399. The highest BCUT2D eigenvalue weighted by molar-refractivity contribution is 5.77. The number of piperidine rings is 2. The molecule has 0 aromatic carbocycles. The van der Waals surface area contributed by atoms with Crippen LogP contribution in [-0.4, -0.2) is 53.6 Å². The summed E-state index contributed by atoms with van der Waals surface area (Å²) in [5, 5.41) is 14.2. The molecule has 20 heavy (non-hydrogen) atoms. The Kier molecular flexibility index (Phi) is 4.81. The first-order valence-corrected chi connectivity index (χ1v) is 7.10. The number of amides is 3. The zero-order valence-corrected chi connectivity index (χ0v) is 11.4. The number of rotatable bonds is 4. The van der Waals surface area contributed by atoms with Crippen LogP contribution in [0, 0.1) is 5.92 Å². The van der Waals surface area contributed by atoms with E-state index in [0.29, 0.717) is 38.4 Å². The molecule has 2 fully saturated rings. The number of nitrogens with one attached hydrogen (secondary N) is 2. The number of likely N-dealkylation sites (tertiary alicyclic amines) is 1. The molecule has 0 bridgehead atoms. The van der Waals surface area contributed by atoms with Crippen molar-refractivity contribution in [2.75, 3.05) is 19.6 Å². The van der Waals surface area contributed by atoms with Gasteiger partial charge in [-0.1, -0.05) is 0 Å². The molecule has 0 saturated carbocycles. The van der Waals surface area contributed by atoms with Crippen molar-refractivity contribution >= 4 is 17.9 Å². The number of fused-ring (bicyclic) bond motifs is 1. The van der Waals surface area contributed by atoms with Crippen molar-refractivity contribution in [2.24, 2.45) is 5.92 Å². The van der Waals surface area contributed by atoms with E-state index in [2.05, 4.69) is 10.6 Å². The van der Waals surface area contributed by atoms with Crippen LogP contribution in [0.1, 0.15) is 32.1 Å². The molecule has 0 aliphatic carbocycles. The summed E-state index contributed by atoms with van der Waals surface area (Å²) in [6.45, 7) is 1.67. The number of carbonyl (C=O) groups is 3. The maximum atomic E-state index is 12.0. The quantitative estimate of drug-likeness (QED) is 0.640. The van der Waals surface area contributed by atoms with Crippen LogP contribution in [0.15, 0.2) is 0 Å². The Hall–Kier alpha value is -1.79. The highest BCUT2D eigenvalue weighted by Crippen LogP contribution is 2.25. The summed E-state index contributed by atoms with van der Waals surface area (Å²) >= 11 is 0. The van der Waals surface area contributed by atoms with Crippen molar-refractivity contribution < 1.29 is 19.5 Å². The van der Waals surface area contributed by atoms with Crippen LogP contribution in [0.2, 0.25) is 0 Å². The predicted octanol–water partition coefficient (Wildman–Crippen LogP) is 0.161. The van der Waals surface area contributed by atoms with E-state index in [0.717, 1.165) is 12.8 Å². The Balaban J connectivity index is 1.72. The minimum Gasteiger partial charge on any atom is -0.481 e. The standard InChI is InChI=1S/C13H21N3O4/c17-11-4-3-9-8-16(7-5-10(9)15-11)13(20)14-6-1-2-12(18)19/h9-10H,1-8H2,(H,14,20)(H,15,17)(H,18,19). The van der Waals surface area contributed by atoms with E-state index in [1.54, 1.807) is 4.90 Å². The molecule has 7 nitrogen and oxygen atoms in total. The molecule has 2 atom stereocenters. The van der Waals surface area contributed by atoms with E-state index < -0.39 is 5.97 Å². The lowest BCUT2D eigenvalue weighted by atomic mass is 9.85. The summed E-state index contributed by atoms with van der Waals surface area (Å²) < 4.78 is 0. The number of carboxylic acid groups (broad SMARTS) is 1. The van der Waals surface area contributed by atoms with Gasteiger partial charge in [-0.15, -0.1) is 0 Å². The first kappa shape index (κ1) is 14.6. The summed E-state index contributed by atoms with van der Waals surface area (Å²) in [6.07, 6.45) is 2.67. The molecule has 2 aliphatic heterocycles. The van der Waals surface area contributed by atoms with Crippen LogP contribution in [0.5, 0.6) is 0 Å². The highest BCUT2D eigenvalue weighted by Gasteiger charge is 2.35. The molecule has 2 rings (SSSR count). The van der Waals surface area contributed by atoms with E-state index in [1.165, 1.54) is 0 Å². The van der Waals surface area contributed by atoms with Crippen molar-refractivity contribution in [3.63, 3.8) is 0 Å². The van der Waals surface area contributed by atoms with Gasteiger partial charge in [0.1, 0.15) is 0 Å². The molecule has 3 amide bonds. The zero-order chi connectivity index (χ0) is 14.5. The van der Waals surface area contributed by atoms with Gasteiger partial charge in [-0.3, -0.25) is 9.59 Å². The molecule has 2 aliphatic rings. The van der Waals surface area contributed by atoms with Gasteiger partial charge in [-0.2, -0.15) is 0 Å². The third kappa shape index (κ3) is 3.85. The molecule has 3 N–H and O–H groups in total. The van der Waals surface area contributed by atoms with Crippen LogP contribution in [0.25, 0.3) is 0 Å². The average Bonchev–Trinajstić information content (AvgIpc) is 2.42. The van der Waals surface area contributed by atoms with Crippen LogP contribution in [-0.2, 0) is 9.59 Å². The number of carboxylic acids is 1. The van der Waals surface area contributed by atoms with Gasteiger partial charge in [-0.25, -0.2) is 4.79 Å². The maximum absolute atomic E-state index is 12.0. The predicted molar refractivity (Wildman–Crippen MR) is 71.1 cm³/mol. The van der Waals surface area contributed by atoms with E-state index in [-0.39, 0.29) is 24.4 Å². The Morgan fingerprint density at radius 3 is 2.95 bits per heavy atom. The molecule has 2 saturated heterocycles. The van der Waals surface area contributed by atoms with Gasteiger partial charge in [0.2, 0.25) is 5.91 Å². The fourth-order valence-electron chi connectivity index (χ4n) is 2.84. The molecular formula is C13H21N3O4. The summed E-state index contributed by atoms with van der Waals surface area (Å²) in [5.74, 6) is -0.401. The maximum Gasteiger partial charge on any atom is 0.317 e. The summed E-state index contributed by atoms with van der Waals surface area (Å²) in [7, 11) is 0. The number of nitrogens with zero attached hydrogens (tertiary/aromatic N) is 1. The van der Waals surface area contributed by atoms with Crippen molar-refractivity contribution in [2.45, 2.75) is 38.1 Å². The first-order chi connectivity index (χ1) is 9.56. The average molecular weight is 283 g/mol. The second-order valence-electron chi connectivity index (χ2n) is 5.44. The number of urea groups is 1. The number of carbonyl (C=O) groups excluding carboxylic acids is 2. The lowest BCUT2D eigenvalue weighted by Gasteiger charge is -2.41. The van der Waals surface area contributed by atoms with E-state index >= 15 is 0 Å². The number of hydrogen-bond donors (Lipinski definition) is 3. The van der Waals surface area contributed by atoms with Gasteiger partial charge in [0, 0.05) is 38.5 Å². The van der Waals surface area contributed by atoms with Gasteiger partial charge < -0.3 is 20.6 Å². The molecule has 2 unspecified atom stereocenters. The van der Waals surface area contributed by atoms with E-state index in [1.807, 2.05) is 0 Å². The Labute approximate surface area is 117 Å². The third-order valence-corrected chi connectivity index (χ3v) is 3.95. The SMILES string of the molecule is O=C(O)CCCNC(=O)N1CCC2NC(=O)CCC2C1. The van der Waals surface area contributed by atoms with Crippen molar-refractivity contribution in [3.8, 4) is 0 Å². The monoisotopic (exact) mass is 283 g/mol.